The maximum Gasteiger partial charge on any atom is 1.00 e. The minimum atomic E-state index is -6.14. The minimum absolute atomic E-state index is 0. The van der Waals surface area contributed by atoms with Gasteiger partial charge in [0.25, 0.3) is 0 Å². The van der Waals surface area contributed by atoms with E-state index in [0.29, 0.717) is 0 Å². The summed E-state index contributed by atoms with van der Waals surface area (Å²) in [6, 6.07) is 0. The normalized spacial score (nSPS) is 7.92. The molecule has 0 N–H and O–H groups in total. The molecule has 0 bridgehead atoms. The van der Waals surface area contributed by atoms with E-state index in [-0.39, 0.29) is 37.7 Å². The monoisotopic (exact) mass is 206 g/mol. The second-order valence-corrected chi connectivity index (χ2v) is 1.77. The summed E-state index contributed by atoms with van der Waals surface area (Å²) in [6.45, 7) is 0. The van der Waals surface area contributed by atoms with Crippen LogP contribution in [0.4, 0.5) is 12.6 Å². The molecule has 0 saturated heterocycles. The molecule has 0 heterocycles. The number of hydrogen-bond donors (Lipinski definition) is 0. The molecule has 0 fully saturated rings. The Balaban J connectivity index is -0.0000000546. The van der Waals surface area contributed by atoms with Gasteiger partial charge in [0, 0.05) is 0 Å². The van der Waals surface area contributed by atoms with Crippen molar-refractivity contribution in [2.75, 3.05) is 0 Å². The van der Waals surface area contributed by atoms with Crippen LogP contribution in [-0.4, -0.2) is 11.9 Å². The first-order chi connectivity index (χ1) is 4.64. The fourth-order valence-electron chi connectivity index (χ4n) is 0. The van der Waals surface area contributed by atoms with Gasteiger partial charge in [-0.15, -0.1) is 12.6 Å². The van der Waals surface area contributed by atoms with Crippen LogP contribution in [0, 0.1) is 0 Å². The van der Waals surface area contributed by atoms with Gasteiger partial charge in [-0.25, -0.2) is 4.57 Å². The average Bonchev–Trinajstić information content (AvgIpc) is 1.59. The largest absolute Gasteiger partial charge is 1.00 e. The number of aliphatic carboxylic acids is 2. The SMILES string of the molecule is O=C([O-])C(=O)[O-].O=P(F)(F)F.[Li+].[Li+]. The standard InChI is InChI=1S/C2H2O4.F3OP.2Li/c3-1(4)2(5)6;1-5(2,3)4;;/h(H,3,4)(H,5,6);;;/q;;2*+1/p-2. The Morgan fingerprint density at radius 3 is 1.00 bits per heavy atom. The molecule has 5 nitrogen and oxygen atoms in total. The summed E-state index contributed by atoms with van der Waals surface area (Å²) in [4.78, 5) is 17.9. The van der Waals surface area contributed by atoms with E-state index in [1.54, 1.807) is 0 Å². The first-order valence-electron chi connectivity index (χ1n) is 1.76. The van der Waals surface area contributed by atoms with E-state index in [0.717, 1.165) is 0 Å². The van der Waals surface area contributed by atoms with E-state index < -0.39 is 20.0 Å². The molecule has 0 atom stereocenters. The van der Waals surface area contributed by atoms with Crippen molar-refractivity contribution < 1.29 is 74.7 Å². The second kappa shape index (κ2) is 10.2. The molecule has 0 aliphatic rings. The maximum atomic E-state index is 9.91. The molecule has 0 spiro atoms. The molecule has 0 aliphatic heterocycles. The van der Waals surface area contributed by atoms with E-state index in [4.69, 9.17) is 24.4 Å². The third-order valence-electron chi connectivity index (χ3n) is 0.167. The molecule has 0 radical (unpaired) electrons. The Kier molecular flexibility index (Phi) is 18.3. The minimum Gasteiger partial charge on any atom is -0.543 e. The van der Waals surface area contributed by atoms with Gasteiger partial charge in [0.2, 0.25) is 0 Å². The third-order valence-corrected chi connectivity index (χ3v) is 0.167. The summed E-state index contributed by atoms with van der Waals surface area (Å²) < 4.78 is 37.9. The molecule has 0 rings (SSSR count). The summed E-state index contributed by atoms with van der Waals surface area (Å²) in [6.07, 6.45) is 0. The number of halogens is 3. The van der Waals surface area contributed by atoms with Crippen molar-refractivity contribution in [3.05, 3.63) is 0 Å². The van der Waals surface area contributed by atoms with E-state index in [9.17, 15) is 12.6 Å². The number of rotatable bonds is 0. The molecule has 13 heavy (non-hydrogen) atoms. The number of carboxylic acid groups (broad SMARTS) is 2. The first kappa shape index (κ1) is 23.2. The second-order valence-electron chi connectivity index (χ2n) is 0.974. The van der Waals surface area contributed by atoms with Crippen molar-refractivity contribution in [3.8, 4) is 0 Å². The van der Waals surface area contributed by atoms with Crippen LogP contribution in [-0.2, 0) is 14.2 Å². The summed E-state index contributed by atoms with van der Waals surface area (Å²) in [5.74, 6) is -4.37. The Morgan fingerprint density at radius 2 is 1.00 bits per heavy atom. The number of hydrogen-bond acceptors (Lipinski definition) is 5. The predicted octanol–water partition coefficient (Wildman–Crippen LogP) is -7.50. The predicted molar refractivity (Wildman–Crippen MR) is 20.9 cm³/mol. The van der Waals surface area contributed by atoms with Gasteiger partial charge in [-0.3, -0.25) is 0 Å². The summed E-state index contributed by atoms with van der Waals surface area (Å²) in [5, 5.41) is 17.9. The van der Waals surface area contributed by atoms with Gasteiger partial charge < -0.3 is 19.8 Å². The molecule has 0 amide bonds. The number of carbonyl (C=O) groups excluding carboxylic acids is 2. The van der Waals surface area contributed by atoms with Gasteiger partial charge in [0.15, 0.2) is 0 Å². The Labute approximate surface area is 94.8 Å². The fourth-order valence-corrected chi connectivity index (χ4v) is 0. The zero-order valence-corrected chi connectivity index (χ0v) is 7.52. The maximum absolute atomic E-state index is 9.91. The molecular formula is C2F3Li2O5P. The van der Waals surface area contributed by atoms with Crippen molar-refractivity contribution in [3.63, 3.8) is 0 Å². The molecular weight excluding hydrogens is 206 g/mol. The van der Waals surface area contributed by atoms with Gasteiger partial charge in [0.1, 0.15) is 0 Å². The topological polar surface area (TPSA) is 97.3 Å². The van der Waals surface area contributed by atoms with Crippen molar-refractivity contribution in [1.82, 2.24) is 0 Å². The van der Waals surface area contributed by atoms with Gasteiger partial charge in [-0.2, -0.15) is 0 Å². The Bertz CT molecular complexity index is 184. The third kappa shape index (κ3) is 72.6. The van der Waals surface area contributed by atoms with Crippen LogP contribution in [0.5, 0.6) is 0 Å². The first-order valence-corrected chi connectivity index (χ1v) is 3.14. The molecule has 0 aromatic heterocycles. The van der Waals surface area contributed by atoms with Gasteiger partial charge in [-0.1, -0.05) is 0 Å². The summed E-state index contributed by atoms with van der Waals surface area (Å²) in [5.41, 5.74) is 0. The molecule has 66 valence electrons. The van der Waals surface area contributed by atoms with Gasteiger partial charge >= 0.3 is 45.8 Å². The van der Waals surface area contributed by atoms with Crippen LogP contribution in [0.3, 0.4) is 0 Å². The van der Waals surface area contributed by atoms with E-state index in [2.05, 4.69) is 0 Å². The Hall–Kier alpha value is 0.155. The van der Waals surface area contributed by atoms with E-state index in [1.165, 1.54) is 0 Å². The fraction of sp³-hybridized carbons (Fsp3) is 0. The molecule has 0 aromatic carbocycles. The van der Waals surface area contributed by atoms with Gasteiger partial charge in [0.05, 0.1) is 11.9 Å². The van der Waals surface area contributed by atoms with Crippen LogP contribution in [0.25, 0.3) is 0 Å². The van der Waals surface area contributed by atoms with Crippen molar-refractivity contribution in [1.29, 1.82) is 0 Å². The van der Waals surface area contributed by atoms with E-state index in [1.807, 2.05) is 0 Å². The van der Waals surface area contributed by atoms with Crippen LogP contribution in [0.15, 0.2) is 0 Å². The number of carboxylic acids is 2. The zero-order valence-electron chi connectivity index (χ0n) is 6.62. The smallest absolute Gasteiger partial charge is 0.543 e. The summed E-state index contributed by atoms with van der Waals surface area (Å²) in [7, 11) is -6.14. The molecule has 0 aromatic rings. The van der Waals surface area contributed by atoms with E-state index >= 15 is 0 Å². The van der Waals surface area contributed by atoms with Crippen LogP contribution in [0.2, 0.25) is 0 Å². The molecule has 11 heteroatoms. The quantitative estimate of drug-likeness (QED) is 0.222. The number of carbonyl (C=O) groups is 2. The Morgan fingerprint density at radius 1 is 0.923 bits per heavy atom. The van der Waals surface area contributed by atoms with Crippen LogP contribution >= 0.6 is 8.07 Å². The van der Waals surface area contributed by atoms with Crippen molar-refractivity contribution in [2.24, 2.45) is 0 Å². The molecule has 0 aliphatic carbocycles. The summed E-state index contributed by atoms with van der Waals surface area (Å²) >= 11 is 0. The zero-order chi connectivity index (χ0) is 9.65. The molecule has 0 saturated carbocycles. The van der Waals surface area contributed by atoms with Gasteiger partial charge in [-0.05, 0) is 0 Å². The molecule has 0 unspecified atom stereocenters. The average molecular weight is 206 g/mol. The van der Waals surface area contributed by atoms with Crippen molar-refractivity contribution >= 4 is 20.0 Å². The van der Waals surface area contributed by atoms with Crippen molar-refractivity contribution in [2.45, 2.75) is 0 Å². The van der Waals surface area contributed by atoms with Crippen LogP contribution in [0.1, 0.15) is 0 Å². The van der Waals surface area contributed by atoms with Crippen LogP contribution < -0.4 is 47.9 Å².